The molecule has 20 heavy (non-hydrogen) atoms. The zero-order valence-electron chi connectivity index (χ0n) is 11.3. The molecule has 3 heterocycles. The molecule has 1 unspecified atom stereocenters. The fourth-order valence-corrected chi connectivity index (χ4v) is 3.37. The van der Waals surface area contributed by atoms with Gasteiger partial charge in [0.15, 0.2) is 0 Å². The summed E-state index contributed by atoms with van der Waals surface area (Å²) < 4.78 is 3.88. The lowest BCUT2D eigenvalue weighted by Crippen LogP contribution is -2.60. The second kappa shape index (κ2) is 5.35. The molecule has 2 fully saturated rings. The van der Waals surface area contributed by atoms with Crippen molar-refractivity contribution in [1.82, 2.24) is 19.4 Å². The molecule has 2 aliphatic rings. The molecule has 0 radical (unpaired) electrons. The second-order valence-electron chi connectivity index (χ2n) is 5.09. The zero-order valence-corrected chi connectivity index (χ0v) is 12.2. The normalized spacial score (nSPS) is 22.9. The molecular formula is C12H17N5O2S. The second-order valence-corrected chi connectivity index (χ2v) is 5.85. The van der Waals surface area contributed by atoms with E-state index in [1.165, 1.54) is 11.5 Å². The quantitative estimate of drug-likeness (QED) is 0.868. The van der Waals surface area contributed by atoms with E-state index in [9.17, 15) is 9.59 Å². The van der Waals surface area contributed by atoms with Crippen LogP contribution in [0.25, 0.3) is 0 Å². The lowest BCUT2D eigenvalue weighted by atomic mass is 9.98. The number of amides is 2. The highest BCUT2D eigenvalue weighted by Gasteiger charge is 2.40. The number of fused-ring (bicyclic) bond motifs is 1. The molecule has 0 saturated carbocycles. The fourth-order valence-electron chi connectivity index (χ4n) is 2.85. The maximum absolute atomic E-state index is 12.5. The van der Waals surface area contributed by atoms with Gasteiger partial charge in [-0.25, -0.2) is 0 Å². The Morgan fingerprint density at radius 3 is 3.05 bits per heavy atom. The van der Waals surface area contributed by atoms with Crippen molar-refractivity contribution in [2.24, 2.45) is 0 Å². The van der Waals surface area contributed by atoms with Crippen LogP contribution in [-0.2, 0) is 16.1 Å². The first-order valence-electron chi connectivity index (χ1n) is 6.78. The number of piperidine rings is 1. The Balaban J connectivity index is 1.77. The molecule has 1 atom stereocenters. The van der Waals surface area contributed by atoms with E-state index in [-0.39, 0.29) is 24.4 Å². The minimum Gasteiger partial charge on any atom is -0.377 e. The molecule has 2 saturated heterocycles. The number of hydrogen-bond donors (Lipinski definition) is 1. The van der Waals surface area contributed by atoms with Crippen LogP contribution in [-0.4, -0.2) is 57.4 Å². The van der Waals surface area contributed by atoms with Crippen molar-refractivity contribution in [3.63, 3.8) is 0 Å². The fraction of sp³-hybridized carbons (Fsp3) is 0.667. The van der Waals surface area contributed by atoms with Crippen LogP contribution >= 0.6 is 11.5 Å². The third-order valence-electron chi connectivity index (χ3n) is 3.87. The number of hydrogen-bond acceptors (Lipinski definition) is 6. The average molecular weight is 295 g/mol. The molecular weight excluding hydrogens is 278 g/mol. The van der Waals surface area contributed by atoms with Gasteiger partial charge in [-0.1, -0.05) is 4.49 Å². The van der Waals surface area contributed by atoms with Crippen molar-refractivity contribution in [2.45, 2.75) is 31.8 Å². The third kappa shape index (κ3) is 2.24. The highest BCUT2D eigenvalue weighted by molar-refractivity contribution is 7.10. The number of carbonyl (C=O) groups is 2. The molecule has 108 valence electrons. The molecule has 2 aliphatic heterocycles. The summed E-state index contributed by atoms with van der Waals surface area (Å²) in [5, 5.41) is 7.88. The number of anilines is 1. The van der Waals surface area contributed by atoms with Crippen molar-refractivity contribution >= 4 is 28.3 Å². The topological polar surface area (TPSA) is 78.4 Å². The molecule has 1 N–H and O–H groups in total. The van der Waals surface area contributed by atoms with Crippen molar-refractivity contribution in [2.75, 3.05) is 25.5 Å². The zero-order chi connectivity index (χ0) is 14.1. The SMILES string of the molecule is CNc1snnc1CN1CC(=O)N2CCCCC2C1=O. The van der Waals surface area contributed by atoms with E-state index >= 15 is 0 Å². The monoisotopic (exact) mass is 295 g/mol. The Bertz CT molecular complexity index is 532. The Morgan fingerprint density at radius 2 is 2.25 bits per heavy atom. The predicted octanol–water partition coefficient (Wildman–Crippen LogP) is 0.303. The summed E-state index contributed by atoms with van der Waals surface area (Å²) in [6, 6.07) is -0.269. The van der Waals surface area contributed by atoms with E-state index < -0.39 is 0 Å². The maximum atomic E-state index is 12.5. The van der Waals surface area contributed by atoms with Crippen LogP contribution in [0.4, 0.5) is 5.00 Å². The minimum absolute atomic E-state index is 0.0411. The van der Waals surface area contributed by atoms with Crippen LogP contribution in [0.15, 0.2) is 0 Å². The van der Waals surface area contributed by atoms with Gasteiger partial charge in [0.05, 0.1) is 6.54 Å². The van der Waals surface area contributed by atoms with Gasteiger partial charge in [-0.15, -0.1) is 5.10 Å². The van der Waals surface area contributed by atoms with Crippen LogP contribution in [0, 0.1) is 0 Å². The van der Waals surface area contributed by atoms with Gasteiger partial charge in [-0.05, 0) is 19.3 Å². The number of nitrogens with one attached hydrogen (secondary N) is 1. The first-order valence-corrected chi connectivity index (χ1v) is 7.55. The molecule has 8 heteroatoms. The van der Waals surface area contributed by atoms with Crippen LogP contribution in [0.3, 0.4) is 0 Å². The summed E-state index contributed by atoms with van der Waals surface area (Å²) in [6.07, 6.45) is 2.78. The number of rotatable bonds is 3. The van der Waals surface area contributed by atoms with Crippen LogP contribution < -0.4 is 5.32 Å². The largest absolute Gasteiger partial charge is 0.377 e. The van der Waals surface area contributed by atoms with E-state index in [1.54, 1.807) is 16.8 Å². The molecule has 0 aromatic carbocycles. The predicted molar refractivity (Wildman–Crippen MR) is 74.2 cm³/mol. The summed E-state index contributed by atoms with van der Waals surface area (Å²) in [6.45, 7) is 1.21. The van der Waals surface area contributed by atoms with Crippen molar-refractivity contribution in [3.05, 3.63) is 5.69 Å². The number of piperazine rings is 1. The summed E-state index contributed by atoms with van der Waals surface area (Å²) in [5.41, 5.74) is 0.725. The highest BCUT2D eigenvalue weighted by Crippen LogP contribution is 2.25. The van der Waals surface area contributed by atoms with E-state index in [0.29, 0.717) is 13.1 Å². The Kier molecular flexibility index (Phi) is 3.56. The van der Waals surface area contributed by atoms with E-state index in [2.05, 4.69) is 14.9 Å². The number of aromatic nitrogens is 2. The lowest BCUT2D eigenvalue weighted by molar-refractivity contribution is -0.158. The van der Waals surface area contributed by atoms with Gasteiger partial charge in [0.2, 0.25) is 11.8 Å². The summed E-state index contributed by atoms with van der Waals surface area (Å²) in [4.78, 5) is 28.0. The Hall–Kier alpha value is -1.70. The highest BCUT2D eigenvalue weighted by atomic mass is 32.1. The van der Waals surface area contributed by atoms with Crippen molar-refractivity contribution < 1.29 is 9.59 Å². The van der Waals surface area contributed by atoms with Crippen molar-refractivity contribution in [3.8, 4) is 0 Å². The Morgan fingerprint density at radius 1 is 1.40 bits per heavy atom. The van der Waals surface area contributed by atoms with Crippen LogP contribution in [0.2, 0.25) is 0 Å². The minimum atomic E-state index is -0.269. The molecule has 1 aromatic heterocycles. The average Bonchev–Trinajstić information content (AvgIpc) is 2.92. The summed E-state index contributed by atoms with van der Waals surface area (Å²) >= 11 is 1.26. The standard InChI is InChI=1S/C12H17N5O2S/c1-13-11-8(14-15-20-11)6-16-7-10(18)17-5-3-2-4-9(17)12(16)19/h9,13H,2-7H2,1H3. The van der Waals surface area contributed by atoms with E-state index in [4.69, 9.17) is 0 Å². The smallest absolute Gasteiger partial charge is 0.246 e. The van der Waals surface area contributed by atoms with Gasteiger partial charge in [0, 0.05) is 25.1 Å². The first-order chi connectivity index (χ1) is 9.70. The number of nitrogens with zero attached hydrogens (tertiary/aromatic N) is 4. The summed E-state index contributed by atoms with van der Waals surface area (Å²) in [7, 11) is 1.80. The maximum Gasteiger partial charge on any atom is 0.246 e. The lowest BCUT2D eigenvalue weighted by Gasteiger charge is -2.42. The van der Waals surface area contributed by atoms with Gasteiger partial charge in [0.1, 0.15) is 23.3 Å². The van der Waals surface area contributed by atoms with Gasteiger partial charge >= 0.3 is 0 Å². The Labute approximate surface area is 121 Å². The summed E-state index contributed by atoms with van der Waals surface area (Å²) in [5.74, 6) is 0.0860. The third-order valence-corrected chi connectivity index (χ3v) is 4.66. The molecule has 7 nitrogen and oxygen atoms in total. The number of carbonyl (C=O) groups excluding carboxylic acids is 2. The molecule has 0 aliphatic carbocycles. The van der Waals surface area contributed by atoms with E-state index in [1.807, 2.05) is 0 Å². The van der Waals surface area contributed by atoms with Gasteiger partial charge < -0.3 is 15.1 Å². The molecule has 3 rings (SSSR count). The van der Waals surface area contributed by atoms with E-state index in [0.717, 1.165) is 30.0 Å². The molecule has 0 bridgehead atoms. The van der Waals surface area contributed by atoms with Gasteiger partial charge in [0.25, 0.3) is 0 Å². The molecule has 1 aromatic rings. The molecule has 0 spiro atoms. The van der Waals surface area contributed by atoms with Gasteiger partial charge in [-0.2, -0.15) is 0 Å². The van der Waals surface area contributed by atoms with Gasteiger partial charge in [-0.3, -0.25) is 9.59 Å². The van der Waals surface area contributed by atoms with Crippen LogP contribution in [0.1, 0.15) is 25.0 Å². The van der Waals surface area contributed by atoms with Crippen molar-refractivity contribution in [1.29, 1.82) is 0 Å². The van der Waals surface area contributed by atoms with Crippen LogP contribution in [0.5, 0.6) is 0 Å². The first kappa shape index (κ1) is 13.3. The molecule has 2 amide bonds.